The average molecular weight is 247 g/mol. The van der Waals surface area contributed by atoms with E-state index in [0.717, 1.165) is 5.75 Å². The molecule has 1 aromatic carbocycles. The summed E-state index contributed by atoms with van der Waals surface area (Å²) in [5.41, 5.74) is 1.18. The van der Waals surface area contributed by atoms with Crippen molar-refractivity contribution < 1.29 is 9.53 Å². The Balaban J connectivity index is 1.97. The van der Waals surface area contributed by atoms with Crippen LogP contribution in [-0.2, 0) is 11.4 Å². The molecule has 0 saturated carbocycles. The van der Waals surface area contributed by atoms with Crippen LogP contribution in [-0.4, -0.2) is 16.3 Å². The van der Waals surface area contributed by atoms with Crippen LogP contribution in [0.4, 0.5) is 5.13 Å². The van der Waals surface area contributed by atoms with Gasteiger partial charge in [0.25, 0.3) is 0 Å². The van der Waals surface area contributed by atoms with Crippen LogP contribution in [0.25, 0.3) is 0 Å². The Labute approximate surface area is 102 Å². The maximum Gasteiger partial charge on any atom is 0.242 e. The lowest BCUT2D eigenvalue weighted by molar-refractivity contribution is 0.304. The molecule has 0 aliphatic rings. The largest absolute Gasteiger partial charge is 0.486 e. The number of hydrogen-bond acceptors (Lipinski definition) is 6. The standard InChI is InChI=1S/C11H9N3O2S/c1-8-2-4-9(5-3-8)16-6-10-13-14-11(17-10)12-7-15/h2-5H,6H2,1H3. The van der Waals surface area contributed by atoms with Crippen molar-refractivity contribution in [3.05, 3.63) is 34.8 Å². The number of aryl methyl sites for hydroxylation is 1. The molecule has 0 N–H and O–H groups in total. The fourth-order valence-electron chi connectivity index (χ4n) is 1.17. The lowest BCUT2D eigenvalue weighted by atomic mass is 10.2. The lowest BCUT2D eigenvalue weighted by Gasteiger charge is -2.03. The second-order valence-corrected chi connectivity index (χ2v) is 4.32. The third-order valence-electron chi connectivity index (χ3n) is 1.98. The zero-order valence-corrected chi connectivity index (χ0v) is 9.90. The summed E-state index contributed by atoms with van der Waals surface area (Å²) in [5.74, 6) is 0.770. The van der Waals surface area contributed by atoms with Crippen LogP contribution in [0, 0.1) is 6.92 Å². The van der Waals surface area contributed by atoms with Crippen LogP contribution in [0.15, 0.2) is 29.3 Å². The first-order valence-electron chi connectivity index (χ1n) is 4.87. The quantitative estimate of drug-likeness (QED) is 0.614. The summed E-state index contributed by atoms with van der Waals surface area (Å²) in [5, 5.41) is 8.49. The highest BCUT2D eigenvalue weighted by Crippen LogP contribution is 2.20. The molecule has 6 heteroatoms. The fourth-order valence-corrected chi connectivity index (χ4v) is 1.74. The highest BCUT2D eigenvalue weighted by molar-refractivity contribution is 7.14. The van der Waals surface area contributed by atoms with Crippen molar-refractivity contribution in [1.82, 2.24) is 10.2 Å². The summed E-state index contributed by atoms with van der Waals surface area (Å²) in [6, 6.07) is 7.72. The highest BCUT2D eigenvalue weighted by Gasteiger charge is 2.03. The number of aliphatic imine (C=N–C) groups is 1. The Morgan fingerprint density at radius 1 is 1.35 bits per heavy atom. The monoisotopic (exact) mass is 247 g/mol. The van der Waals surface area contributed by atoms with Gasteiger partial charge in [-0.2, -0.15) is 0 Å². The van der Waals surface area contributed by atoms with E-state index in [9.17, 15) is 4.79 Å². The van der Waals surface area contributed by atoms with Crippen molar-refractivity contribution >= 4 is 22.5 Å². The third kappa shape index (κ3) is 3.21. The van der Waals surface area contributed by atoms with E-state index in [1.807, 2.05) is 31.2 Å². The number of rotatable bonds is 4. The number of carbonyl (C=O) groups excluding carboxylic acids is 1. The van der Waals surface area contributed by atoms with Gasteiger partial charge in [0.2, 0.25) is 11.2 Å². The van der Waals surface area contributed by atoms with Gasteiger partial charge in [-0.1, -0.05) is 29.0 Å². The lowest BCUT2D eigenvalue weighted by Crippen LogP contribution is -1.94. The van der Waals surface area contributed by atoms with Crippen molar-refractivity contribution in [3.8, 4) is 5.75 Å². The van der Waals surface area contributed by atoms with Gasteiger partial charge in [0.15, 0.2) is 5.01 Å². The molecule has 0 fully saturated rings. The number of nitrogens with zero attached hydrogens (tertiary/aromatic N) is 3. The molecule has 1 heterocycles. The maximum absolute atomic E-state index is 10.0. The molecule has 0 amide bonds. The highest BCUT2D eigenvalue weighted by atomic mass is 32.1. The molecule has 0 spiro atoms. The topological polar surface area (TPSA) is 64.4 Å². The van der Waals surface area contributed by atoms with E-state index in [0.29, 0.717) is 16.7 Å². The molecular formula is C11H9N3O2S. The molecule has 5 nitrogen and oxygen atoms in total. The van der Waals surface area contributed by atoms with Gasteiger partial charge in [0, 0.05) is 0 Å². The van der Waals surface area contributed by atoms with Crippen LogP contribution in [0.1, 0.15) is 10.6 Å². The zero-order chi connectivity index (χ0) is 12.1. The van der Waals surface area contributed by atoms with E-state index in [-0.39, 0.29) is 0 Å². The number of benzene rings is 1. The molecule has 86 valence electrons. The molecule has 0 unspecified atom stereocenters. The van der Waals surface area contributed by atoms with Crippen molar-refractivity contribution in [2.75, 3.05) is 0 Å². The Bertz CT molecular complexity index is 544. The molecule has 0 atom stereocenters. The molecular weight excluding hydrogens is 238 g/mol. The summed E-state index contributed by atoms with van der Waals surface area (Å²) < 4.78 is 5.51. The first-order valence-corrected chi connectivity index (χ1v) is 5.69. The van der Waals surface area contributed by atoms with E-state index in [1.165, 1.54) is 23.0 Å². The number of isocyanates is 1. The van der Waals surface area contributed by atoms with Crippen LogP contribution >= 0.6 is 11.3 Å². The van der Waals surface area contributed by atoms with E-state index in [1.54, 1.807) is 0 Å². The molecule has 0 aliphatic heterocycles. The van der Waals surface area contributed by atoms with Gasteiger partial charge >= 0.3 is 0 Å². The smallest absolute Gasteiger partial charge is 0.242 e. The van der Waals surface area contributed by atoms with Crippen LogP contribution in [0.5, 0.6) is 5.75 Å². The summed E-state index contributed by atoms with van der Waals surface area (Å²) in [6.07, 6.45) is 1.42. The molecule has 2 aromatic rings. The van der Waals surface area contributed by atoms with Gasteiger partial charge in [-0.3, -0.25) is 0 Å². The van der Waals surface area contributed by atoms with E-state index < -0.39 is 0 Å². The van der Waals surface area contributed by atoms with Gasteiger partial charge in [-0.05, 0) is 19.1 Å². The van der Waals surface area contributed by atoms with Gasteiger partial charge in [0.1, 0.15) is 12.4 Å². The van der Waals surface area contributed by atoms with E-state index >= 15 is 0 Å². The van der Waals surface area contributed by atoms with Crippen LogP contribution < -0.4 is 4.74 Å². The first kappa shape index (κ1) is 11.4. The second-order valence-electron chi connectivity index (χ2n) is 3.28. The number of aromatic nitrogens is 2. The maximum atomic E-state index is 10.0. The molecule has 1 aromatic heterocycles. The number of ether oxygens (including phenoxy) is 1. The SMILES string of the molecule is Cc1ccc(OCc2nnc(N=C=O)s2)cc1. The summed E-state index contributed by atoms with van der Waals surface area (Å²) in [4.78, 5) is 13.4. The molecule has 17 heavy (non-hydrogen) atoms. The van der Waals surface area contributed by atoms with Crippen molar-refractivity contribution in [2.45, 2.75) is 13.5 Å². The number of hydrogen-bond donors (Lipinski definition) is 0. The molecule has 2 rings (SSSR count). The van der Waals surface area contributed by atoms with Crippen LogP contribution in [0.2, 0.25) is 0 Å². The Morgan fingerprint density at radius 2 is 2.12 bits per heavy atom. The van der Waals surface area contributed by atoms with Crippen molar-refractivity contribution in [3.63, 3.8) is 0 Å². The van der Waals surface area contributed by atoms with E-state index in [2.05, 4.69) is 15.2 Å². The van der Waals surface area contributed by atoms with Gasteiger partial charge in [-0.25, -0.2) is 4.79 Å². The predicted molar refractivity (Wildman–Crippen MR) is 63.2 cm³/mol. The van der Waals surface area contributed by atoms with Crippen LogP contribution in [0.3, 0.4) is 0 Å². The minimum atomic E-state index is 0.294. The summed E-state index contributed by atoms with van der Waals surface area (Å²) in [7, 11) is 0. The summed E-state index contributed by atoms with van der Waals surface area (Å²) in [6.45, 7) is 2.33. The third-order valence-corrected chi connectivity index (χ3v) is 2.77. The Hall–Kier alpha value is -2.04. The predicted octanol–water partition coefficient (Wildman–Crippen LogP) is 2.39. The Kier molecular flexibility index (Phi) is 3.59. The molecule has 0 radical (unpaired) electrons. The van der Waals surface area contributed by atoms with E-state index in [4.69, 9.17) is 4.74 Å². The molecule has 0 saturated heterocycles. The fraction of sp³-hybridized carbons (Fsp3) is 0.182. The minimum absolute atomic E-state index is 0.294. The zero-order valence-electron chi connectivity index (χ0n) is 9.08. The van der Waals surface area contributed by atoms with Gasteiger partial charge < -0.3 is 4.74 Å². The summed E-state index contributed by atoms with van der Waals surface area (Å²) >= 11 is 1.20. The second kappa shape index (κ2) is 5.34. The minimum Gasteiger partial charge on any atom is -0.486 e. The van der Waals surface area contributed by atoms with Gasteiger partial charge in [0.05, 0.1) is 0 Å². The molecule has 0 bridgehead atoms. The van der Waals surface area contributed by atoms with Gasteiger partial charge in [-0.15, -0.1) is 15.2 Å². The normalized spacial score (nSPS) is 9.71. The first-order chi connectivity index (χ1) is 8.28. The Morgan fingerprint density at radius 3 is 2.82 bits per heavy atom. The average Bonchev–Trinajstić information content (AvgIpc) is 2.77. The van der Waals surface area contributed by atoms with Crippen molar-refractivity contribution in [2.24, 2.45) is 4.99 Å². The van der Waals surface area contributed by atoms with Crippen molar-refractivity contribution in [1.29, 1.82) is 0 Å². The molecule has 0 aliphatic carbocycles.